The van der Waals surface area contributed by atoms with E-state index in [0.717, 1.165) is 29.7 Å². The number of hydrogen-bond donors (Lipinski definition) is 2. The Hall–Kier alpha value is -3.33. The van der Waals surface area contributed by atoms with Crippen molar-refractivity contribution in [3.8, 4) is 11.8 Å². The topological polar surface area (TPSA) is 91.2 Å². The van der Waals surface area contributed by atoms with Crippen molar-refractivity contribution in [3.63, 3.8) is 0 Å². The number of carbonyl (C=O) groups is 2. The lowest BCUT2D eigenvalue weighted by atomic mass is 9.84. The summed E-state index contributed by atoms with van der Waals surface area (Å²) in [6, 6.07) is 18.7. The zero-order valence-electron chi connectivity index (χ0n) is 18.4. The maximum Gasteiger partial charge on any atom is 0.243 e. The first kappa shape index (κ1) is 23.3. The van der Waals surface area contributed by atoms with Crippen molar-refractivity contribution in [2.45, 2.75) is 57.6 Å². The molecule has 2 aromatic rings. The second-order valence-corrected chi connectivity index (χ2v) is 8.33. The predicted molar refractivity (Wildman–Crippen MR) is 123 cm³/mol. The van der Waals surface area contributed by atoms with Gasteiger partial charge in [-0.3, -0.25) is 9.59 Å². The van der Waals surface area contributed by atoms with Crippen LogP contribution < -0.4 is 15.4 Å². The quantitative estimate of drug-likeness (QED) is 0.556. The van der Waals surface area contributed by atoms with Crippen LogP contribution in [0.5, 0.6) is 5.75 Å². The number of amides is 2. The highest BCUT2D eigenvalue weighted by atomic mass is 16.5. The van der Waals surface area contributed by atoms with E-state index in [4.69, 9.17) is 10.00 Å². The summed E-state index contributed by atoms with van der Waals surface area (Å²) in [6.07, 6.45) is 6.55. The van der Waals surface area contributed by atoms with E-state index < -0.39 is 6.04 Å². The fourth-order valence-electron chi connectivity index (χ4n) is 4.11. The molecular weight excluding hydrogens is 402 g/mol. The summed E-state index contributed by atoms with van der Waals surface area (Å²) < 4.78 is 5.79. The van der Waals surface area contributed by atoms with Crippen LogP contribution in [0.1, 0.15) is 49.7 Å². The number of benzene rings is 2. The molecule has 0 saturated heterocycles. The summed E-state index contributed by atoms with van der Waals surface area (Å²) in [4.78, 5) is 25.2. The van der Waals surface area contributed by atoms with E-state index >= 15 is 0 Å². The predicted octanol–water partition coefficient (Wildman–Crippen LogP) is 3.90. The summed E-state index contributed by atoms with van der Waals surface area (Å²) in [6.45, 7) is 0.432. The Bertz CT molecular complexity index is 900. The highest BCUT2D eigenvalue weighted by molar-refractivity contribution is 5.88. The van der Waals surface area contributed by atoms with Crippen molar-refractivity contribution in [2.75, 3.05) is 6.54 Å². The summed E-state index contributed by atoms with van der Waals surface area (Å²) in [5, 5.41) is 14.2. The fraction of sp³-hybridized carbons (Fsp3) is 0.423. The van der Waals surface area contributed by atoms with Crippen molar-refractivity contribution in [2.24, 2.45) is 5.92 Å². The van der Waals surface area contributed by atoms with Crippen molar-refractivity contribution >= 4 is 11.8 Å². The Labute approximate surface area is 190 Å². The summed E-state index contributed by atoms with van der Waals surface area (Å²) >= 11 is 0. The van der Waals surface area contributed by atoms with Crippen LogP contribution in [0.25, 0.3) is 0 Å². The standard InChI is InChI=1S/C26H31N3O3/c27-15-16-28-26(31)24(17-20-7-3-1-4-8-20)29-25(30)18-21-11-13-23(14-12-21)32-19-22-9-5-2-6-10-22/h2,5-6,9-14,20,24H,1,3-4,7-8,16-19H2,(H,28,31)(H,29,30)/t24-/m0/s1. The van der Waals surface area contributed by atoms with Crippen LogP contribution in [0.3, 0.4) is 0 Å². The molecule has 2 N–H and O–H groups in total. The molecule has 0 bridgehead atoms. The molecule has 2 amide bonds. The second-order valence-electron chi connectivity index (χ2n) is 8.33. The molecule has 2 aromatic carbocycles. The number of carbonyl (C=O) groups excluding carboxylic acids is 2. The molecule has 0 unspecified atom stereocenters. The normalized spacial score (nSPS) is 14.7. The van der Waals surface area contributed by atoms with E-state index in [0.29, 0.717) is 18.9 Å². The smallest absolute Gasteiger partial charge is 0.243 e. The summed E-state index contributed by atoms with van der Waals surface area (Å²) in [7, 11) is 0. The van der Waals surface area contributed by atoms with E-state index in [2.05, 4.69) is 10.6 Å². The molecule has 0 spiro atoms. The number of nitriles is 1. The molecule has 1 aliphatic carbocycles. The van der Waals surface area contributed by atoms with Gasteiger partial charge in [-0.05, 0) is 35.6 Å². The lowest BCUT2D eigenvalue weighted by Gasteiger charge is -2.26. The molecule has 1 aliphatic rings. The Kier molecular flexibility index (Phi) is 9.12. The molecule has 3 rings (SSSR count). The van der Waals surface area contributed by atoms with Crippen LogP contribution >= 0.6 is 0 Å². The number of ether oxygens (including phenoxy) is 1. The molecule has 0 aliphatic heterocycles. The van der Waals surface area contributed by atoms with Crippen LogP contribution in [0.15, 0.2) is 54.6 Å². The molecule has 0 heterocycles. The molecule has 1 atom stereocenters. The molecule has 32 heavy (non-hydrogen) atoms. The lowest BCUT2D eigenvalue weighted by molar-refractivity contribution is -0.129. The zero-order valence-corrected chi connectivity index (χ0v) is 18.4. The average molecular weight is 434 g/mol. The molecule has 6 heteroatoms. The first-order valence-electron chi connectivity index (χ1n) is 11.3. The minimum absolute atomic E-state index is 0.0552. The molecule has 6 nitrogen and oxygen atoms in total. The van der Waals surface area contributed by atoms with Crippen LogP contribution in [-0.2, 0) is 22.6 Å². The third-order valence-electron chi connectivity index (χ3n) is 5.82. The first-order chi connectivity index (χ1) is 15.6. The summed E-state index contributed by atoms with van der Waals surface area (Å²) in [5.41, 5.74) is 1.94. The molecular formula is C26H31N3O3. The Morgan fingerprint density at radius 1 is 1.00 bits per heavy atom. The molecule has 1 saturated carbocycles. The first-order valence-corrected chi connectivity index (χ1v) is 11.3. The van der Waals surface area contributed by atoms with Crippen molar-refractivity contribution in [1.82, 2.24) is 10.6 Å². The Morgan fingerprint density at radius 3 is 2.41 bits per heavy atom. The van der Waals surface area contributed by atoms with Gasteiger partial charge < -0.3 is 15.4 Å². The third-order valence-corrected chi connectivity index (χ3v) is 5.82. The van der Waals surface area contributed by atoms with Gasteiger partial charge in [0.2, 0.25) is 11.8 Å². The number of nitrogens with zero attached hydrogens (tertiary/aromatic N) is 1. The zero-order chi connectivity index (χ0) is 22.6. The van der Waals surface area contributed by atoms with Gasteiger partial charge in [0.25, 0.3) is 0 Å². The largest absolute Gasteiger partial charge is 0.489 e. The van der Waals surface area contributed by atoms with Crippen LogP contribution in [0.2, 0.25) is 0 Å². The maximum atomic E-state index is 12.7. The monoisotopic (exact) mass is 433 g/mol. The highest BCUT2D eigenvalue weighted by Gasteiger charge is 2.25. The van der Waals surface area contributed by atoms with E-state index in [9.17, 15) is 9.59 Å². The van der Waals surface area contributed by atoms with Gasteiger partial charge >= 0.3 is 0 Å². The highest BCUT2D eigenvalue weighted by Crippen LogP contribution is 2.27. The lowest BCUT2D eigenvalue weighted by Crippen LogP contribution is -2.48. The molecule has 0 radical (unpaired) electrons. The Balaban J connectivity index is 1.52. The van der Waals surface area contributed by atoms with E-state index in [1.54, 1.807) is 0 Å². The number of hydrogen-bond acceptors (Lipinski definition) is 4. The van der Waals surface area contributed by atoms with Gasteiger partial charge in [-0.15, -0.1) is 0 Å². The molecule has 168 valence electrons. The molecule has 1 fully saturated rings. The van der Waals surface area contributed by atoms with Crippen molar-refractivity contribution < 1.29 is 14.3 Å². The van der Waals surface area contributed by atoms with Gasteiger partial charge in [0.15, 0.2) is 0 Å². The average Bonchev–Trinajstić information content (AvgIpc) is 2.83. The Morgan fingerprint density at radius 2 is 1.72 bits per heavy atom. The molecule has 0 aromatic heterocycles. The SMILES string of the molecule is N#CCNC(=O)[C@H](CC1CCCCC1)NC(=O)Cc1ccc(OCc2ccccc2)cc1. The van der Waals surface area contributed by atoms with Gasteiger partial charge in [-0.25, -0.2) is 0 Å². The van der Waals surface area contributed by atoms with Gasteiger partial charge in [0.1, 0.15) is 24.9 Å². The number of nitrogens with one attached hydrogen (secondary N) is 2. The van der Waals surface area contributed by atoms with Crippen molar-refractivity contribution in [1.29, 1.82) is 5.26 Å². The van der Waals surface area contributed by atoms with E-state index in [1.807, 2.05) is 60.7 Å². The van der Waals surface area contributed by atoms with Gasteiger partial charge in [0, 0.05) is 0 Å². The van der Waals surface area contributed by atoms with Gasteiger partial charge in [-0.2, -0.15) is 5.26 Å². The second kappa shape index (κ2) is 12.5. The van der Waals surface area contributed by atoms with E-state index in [-0.39, 0.29) is 24.8 Å². The fourth-order valence-corrected chi connectivity index (χ4v) is 4.11. The summed E-state index contributed by atoms with van der Waals surface area (Å²) in [5.74, 6) is 0.693. The van der Waals surface area contributed by atoms with Gasteiger partial charge in [0.05, 0.1) is 12.5 Å². The van der Waals surface area contributed by atoms with Crippen LogP contribution in [-0.4, -0.2) is 24.4 Å². The third kappa shape index (κ3) is 7.73. The van der Waals surface area contributed by atoms with Crippen LogP contribution in [0.4, 0.5) is 0 Å². The van der Waals surface area contributed by atoms with Crippen LogP contribution in [0, 0.1) is 17.2 Å². The minimum atomic E-state index is -0.604. The minimum Gasteiger partial charge on any atom is -0.489 e. The number of rotatable bonds is 10. The van der Waals surface area contributed by atoms with Crippen molar-refractivity contribution in [3.05, 3.63) is 65.7 Å². The van der Waals surface area contributed by atoms with Gasteiger partial charge in [-0.1, -0.05) is 74.6 Å². The maximum absolute atomic E-state index is 12.7. The van der Waals surface area contributed by atoms with E-state index in [1.165, 1.54) is 19.3 Å².